The van der Waals surface area contributed by atoms with E-state index in [1.165, 1.54) is 10.5 Å². The van der Waals surface area contributed by atoms with Gasteiger partial charge in [-0.3, -0.25) is 33.6 Å². The third kappa shape index (κ3) is 14.0. The van der Waals surface area contributed by atoms with Crippen LogP contribution in [-0.4, -0.2) is 126 Å². The second kappa shape index (κ2) is 25.3. The first-order valence-corrected chi connectivity index (χ1v) is 27.8. The largest absolute Gasteiger partial charge is 0.497 e. The van der Waals surface area contributed by atoms with Gasteiger partial charge in [0.1, 0.15) is 29.9 Å². The van der Waals surface area contributed by atoms with Crippen LogP contribution in [0.3, 0.4) is 0 Å². The van der Waals surface area contributed by atoms with Crippen LogP contribution in [0.4, 0.5) is 0 Å². The van der Waals surface area contributed by atoms with Crippen LogP contribution in [0.1, 0.15) is 137 Å². The van der Waals surface area contributed by atoms with Crippen molar-refractivity contribution in [3.05, 3.63) is 136 Å². The highest BCUT2D eigenvalue weighted by atomic mass is 16.5. The van der Waals surface area contributed by atoms with E-state index in [2.05, 4.69) is 38.0 Å². The lowest BCUT2D eigenvalue weighted by atomic mass is 9.84. The van der Waals surface area contributed by atoms with E-state index in [4.69, 9.17) is 4.74 Å². The topological polar surface area (TPSA) is 211 Å². The number of likely N-dealkylation sites (N-methyl/N-ethyl adjacent to an activating group) is 2. The van der Waals surface area contributed by atoms with E-state index in [9.17, 15) is 24.0 Å². The van der Waals surface area contributed by atoms with Crippen molar-refractivity contribution in [2.24, 2.45) is 10.8 Å². The molecule has 17 heteroatoms. The Morgan fingerprint density at radius 2 is 1.27 bits per heavy atom. The van der Waals surface area contributed by atoms with Gasteiger partial charge in [0.2, 0.25) is 35.4 Å². The molecular weight excluding hydrogens is 999 g/mol. The molecule has 0 saturated carbocycles. The molecule has 1 saturated heterocycles. The Balaban J connectivity index is 1.15. The molecule has 79 heavy (non-hydrogen) atoms. The van der Waals surface area contributed by atoms with Gasteiger partial charge in [0.05, 0.1) is 31.3 Å². The summed E-state index contributed by atoms with van der Waals surface area (Å²) in [6, 6.07) is 24.0. The number of fused-ring (bicyclic) bond motifs is 2. The van der Waals surface area contributed by atoms with Crippen molar-refractivity contribution in [3.63, 3.8) is 0 Å². The van der Waals surface area contributed by atoms with Crippen molar-refractivity contribution >= 4 is 41.4 Å². The normalized spacial score (nSPS) is 20.0. The lowest BCUT2D eigenvalue weighted by Gasteiger charge is -2.43. The highest BCUT2D eigenvalue weighted by molar-refractivity contribution is 5.97. The Bertz CT molecular complexity index is 2860. The lowest BCUT2D eigenvalue weighted by molar-refractivity contribution is -0.152. The number of benzene rings is 4. The van der Waals surface area contributed by atoms with Gasteiger partial charge in [-0.05, 0) is 129 Å². The molecule has 424 valence electrons. The fourth-order valence-corrected chi connectivity index (χ4v) is 10.9. The molecule has 7 amide bonds. The van der Waals surface area contributed by atoms with Crippen LogP contribution in [0.2, 0.25) is 0 Å². The molecule has 3 aliphatic rings. The van der Waals surface area contributed by atoms with Gasteiger partial charge >= 0.3 is 0 Å². The molecule has 9 atom stereocenters. The van der Waals surface area contributed by atoms with Crippen molar-refractivity contribution in [2.45, 2.75) is 162 Å². The van der Waals surface area contributed by atoms with E-state index < -0.39 is 71.0 Å². The summed E-state index contributed by atoms with van der Waals surface area (Å²) in [6.45, 7) is 17.0. The number of methoxy groups -OCH3 is 1. The van der Waals surface area contributed by atoms with Crippen molar-refractivity contribution in [1.29, 1.82) is 0 Å². The van der Waals surface area contributed by atoms with E-state index >= 15 is 9.59 Å². The quantitative estimate of drug-likeness (QED) is 0.0694. The maximum Gasteiger partial charge on any atom is 0.251 e. The Morgan fingerprint density at radius 3 is 1.86 bits per heavy atom. The number of ether oxygens (including phenoxy) is 1. The van der Waals surface area contributed by atoms with Gasteiger partial charge in [-0.2, -0.15) is 0 Å². The molecule has 0 aromatic heterocycles. The summed E-state index contributed by atoms with van der Waals surface area (Å²) in [5, 5.41) is 18.2. The molecule has 0 unspecified atom stereocenters. The predicted molar refractivity (Wildman–Crippen MR) is 304 cm³/mol. The smallest absolute Gasteiger partial charge is 0.251 e. The Labute approximate surface area is 466 Å². The molecule has 1 aliphatic carbocycles. The Hall–Kier alpha value is -7.11. The summed E-state index contributed by atoms with van der Waals surface area (Å²) >= 11 is 0. The number of hydrogen-bond acceptors (Lipinski definition) is 10. The molecule has 1 fully saturated rings. The molecule has 0 radical (unpaired) electrons. The highest BCUT2D eigenvalue weighted by Gasteiger charge is 2.47. The summed E-state index contributed by atoms with van der Waals surface area (Å²) in [5.41, 5.74) is 4.52. The molecule has 4 aromatic carbocycles. The fourth-order valence-electron chi connectivity index (χ4n) is 10.9. The molecule has 6 N–H and O–H groups in total. The Kier molecular flexibility index (Phi) is 19.1. The minimum absolute atomic E-state index is 0.0361. The maximum absolute atomic E-state index is 15.6. The van der Waals surface area contributed by atoms with E-state index in [1.807, 2.05) is 115 Å². The number of amides is 7. The first-order chi connectivity index (χ1) is 37.4. The zero-order valence-corrected chi connectivity index (χ0v) is 48.2. The predicted octanol–water partition coefficient (Wildman–Crippen LogP) is 5.91. The minimum atomic E-state index is -0.973. The number of nitrogens with one attached hydrogen (secondary N) is 6. The summed E-state index contributed by atoms with van der Waals surface area (Å²) in [4.78, 5) is 106. The van der Waals surface area contributed by atoms with Gasteiger partial charge in [-0.1, -0.05) is 114 Å². The molecule has 7 rings (SSSR count). The number of carbonyl (C=O) groups excluding carboxylic acids is 7. The summed E-state index contributed by atoms with van der Waals surface area (Å²) in [5.74, 6) is -1.88. The zero-order valence-electron chi connectivity index (χ0n) is 48.2. The third-order valence-electron chi connectivity index (χ3n) is 16.1. The molecular formula is C62H83N9O8. The van der Waals surface area contributed by atoms with Gasteiger partial charge in [-0.15, -0.1) is 0 Å². The summed E-state index contributed by atoms with van der Waals surface area (Å²) < 4.78 is 5.60. The highest BCUT2D eigenvalue weighted by Crippen LogP contribution is 2.35. The van der Waals surface area contributed by atoms with Crippen LogP contribution in [0.15, 0.2) is 97.1 Å². The lowest BCUT2D eigenvalue weighted by Crippen LogP contribution is -2.62. The molecule has 0 bridgehead atoms. The second-order valence-corrected chi connectivity index (χ2v) is 23.8. The number of likely N-dealkylation sites (tertiary alicyclic amines) is 1. The van der Waals surface area contributed by atoms with Crippen LogP contribution in [0.5, 0.6) is 5.75 Å². The van der Waals surface area contributed by atoms with Gasteiger partial charge in [0.15, 0.2) is 0 Å². The van der Waals surface area contributed by atoms with Gasteiger partial charge in [0, 0.05) is 37.7 Å². The van der Waals surface area contributed by atoms with Crippen LogP contribution in [-0.2, 0) is 54.7 Å². The zero-order chi connectivity index (χ0) is 57.5. The van der Waals surface area contributed by atoms with Crippen LogP contribution in [0, 0.1) is 10.8 Å². The average Bonchev–Trinajstić information content (AvgIpc) is 3.88. The van der Waals surface area contributed by atoms with E-state index in [-0.39, 0.29) is 68.1 Å². The molecule has 2 aliphatic heterocycles. The van der Waals surface area contributed by atoms with Crippen molar-refractivity contribution in [1.82, 2.24) is 46.6 Å². The monoisotopic (exact) mass is 1080 g/mol. The molecule has 0 spiro atoms. The van der Waals surface area contributed by atoms with Crippen molar-refractivity contribution < 1.29 is 38.3 Å². The van der Waals surface area contributed by atoms with Crippen LogP contribution >= 0.6 is 0 Å². The van der Waals surface area contributed by atoms with Crippen molar-refractivity contribution in [2.75, 3.05) is 27.7 Å². The van der Waals surface area contributed by atoms with E-state index in [0.717, 1.165) is 47.1 Å². The van der Waals surface area contributed by atoms with Gasteiger partial charge in [-0.25, -0.2) is 0 Å². The first-order valence-electron chi connectivity index (χ1n) is 27.8. The number of nitrogens with zero attached hydrogens (tertiary/aromatic N) is 3. The number of carbonyl (C=O) groups is 7. The van der Waals surface area contributed by atoms with Crippen LogP contribution < -0.4 is 36.6 Å². The third-order valence-corrected chi connectivity index (χ3v) is 16.1. The standard InChI is InChI=1S/C62H83N9O8/c1-37(63-10)54(72)67-52(61(4,5)6)59(77)70-35-45-21-14-13-20-44(45)32-51(70)58(76)69(39(3)43-23-17-24-47(31-43)79-12)34-40-27-29-42(30-28-40)56(74)65-46-33-50(57(75)66-49-26-18-22-41-19-15-16-25-48(41)49)71(36-46)60(78)53(62(7,8)9)68-55(73)38(2)64-11/h13-17,19-21,23-25,27-31,37-39,46,49-53,63-64H,18,22,26,32-36H2,1-12H3,(H,65,74)(H,66,75)(H,67,72)(H,68,73)/t37-,38-,39+,46-,49+,50-,51-,52+,53+/m0/s1. The maximum atomic E-state index is 15.6. The van der Waals surface area contributed by atoms with E-state index in [1.54, 1.807) is 69.1 Å². The van der Waals surface area contributed by atoms with Crippen LogP contribution in [0.25, 0.3) is 0 Å². The van der Waals surface area contributed by atoms with E-state index in [0.29, 0.717) is 11.3 Å². The SMILES string of the molecule is CN[C@@H](C)C(=O)N[C@H](C(=O)N1C[C@@H](NC(=O)c2ccc(CN(C(=O)[C@@H]3Cc4ccccc4CN3C(=O)[C@@H](NC(=O)[C@H](C)NC)C(C)(C)C)[C@H](C)c3cccc(OC)c3)cc2)C[C@H]1C(=O)N[C@@H]1CCCc2ccccc21)C(C)(C)C. The molecule has 2 heterocycles. The van der Waals surface area contributed by atoms with Gasteiger partial charge < -0.3 is 51.3 Å². The van der Waals surface area contributed by atoms with Crippen molar-refractivity contribution in [3.8, 4) is 5.75 Å². The fraction of sp³-hybridized carbons (Fsp3) is 0.500. The minimum Gasteiger partial charge on any atom is -0.497 e. The number of hydrogen-bond donors (Lipinski definition) is 6. The van der Waals surface area contributed by atoms with Gasteiger partial charge in [0.25, 0.3) is 5.91 Å². The average molecular weight is 1080 g/mol. The Morgan fingerprint density at radius 1 is 0.684 bits per heavy atom. The number of rotatable bonds is 18. The molecule has 17 nitrogen and oxygen atoms in total. The summed E-state index contributed by atoms with van der Waals surface area (Å²) in [6.07, 6.45) is 2.96. The molecule has 4 aromatic rings. The number of aryl methyl sites for hydroxylation is 1. The summed E-state index contributed by atoms with van der Waals surface area (Å²) in [7, 11) is 4.93. The first kappa shape index (κ1) is 59.5. The second-order valence-electron chi connectivity index (χ2n) is 23.8.